The molecule has 0 heterocycles. The van der Waals surface area contributed by atoms with Gasteiger partial charge in [-0.1, -0.05) is 73.8 Å². The first kappa shape index (κ1) is 31.4. The van der Waals surface area contributed by atoms with Crippen LogP contribution in [0.25, 0.3) is 23.3 Å². The van der Waals surface area contributed by atoms with Crippen LogP contribution in [0.4, 0.5) is 0 Å². The first-order valence-corrected chi connectivity index (χ1v) is 13.4. The number of carbonyl (C=O) groups is 2. The maximum Gasteiger partial charge on any atom is 0.338 e. The monoisotopic (exact) mass is 564 g/mol. The van der Waals surface area contributed by atoms with Crippen LogP contribution in [-0.4, -0.2) is 11.9 Å². The molecule has 0 aliphatic rings. The van der Waals surface area contributed by atoms with Gasteiger partial charge in [0.15, 0.2) is 0 Å². The second kappa shape index (κ2) is 14.5. The topological polar surface area (TPSA) is 71.1 Å². The first-order chi connectivity index (χ1) is 19.9. The summed E-state index contributed by atoms with van der Waals surface area (Å²) in [6, 6.07) is 23.6. The standard InChI is InChI=1S/C36H36O6/c1-23(2)35(37)41-27(7)25(5)39-33-19-13-30(14-20-33)10-9-29-11-15-31(16-12-29)32-17-21-34(22-18-32)40-26(6)28(8)42-36(38)24(3)4/h9-22H,1,3H2,2,4-8H3/b10-9+,27-25?,28-26?. The van der Waals surface area contributed by atoms with Crippen molar-refractivity contribution < 1.29 is 28.5 Å². The summed E-state index contributed by atoms with van der Waals surface area (Å²) < 4.78 is 22.1. The van der Waals surface area contributed by atoms with Gasteiger partial charge in [-0.15, -0.1) is 0 Å². The van der Waals surface area contributed by atoms with Gasteiger partial charge in [-0.05, 0) is 88.1 Å². The van der Waals surface area contributed by atoms with Gasteiger partial charge in [-0.25, -0.2) is 9.59 Å². The lowest BCUT2D eigenvalue weighted by atomic mass is 10.0. The fourth-order valence-electron chi connectivity index (χ4n) is 3.43. The van der Waals surface area contributed by atoms with Crippen molar-refractivity contribution >= 4 is 24.1 Å². The van der Waals surface area contributed by atoms with E-state index in [4.69, 9.17) is 18.9 Å². The average molecular weight is 565 g/mol. The molecule has 0 amide bonds. The molecule has 0 spiro atoms. The molecule has 0 N–H and O–H groups in total. The fraction of sp³-hybridized carbons (Fsp3) is 0.167. The minimum Gasteiger partial charge on any atom is -0.459 e. The van der Waals surface area contributed by atoms with Crippen LogP contribution in [0.1, 0.15) is 52.7 Å². The highest BCUT2D eigenvalue weighted by Gasteiger charge is 2.10. The van der Waals surface area contributed by atoms with Crippen LogP contribution in [-0.2, 0) is 19.1 Å². The van der Waals surface area contributed by atoms with E-state index in [1.165, 1.54) is 0 Å². The molecule has 0 aromatic heterocycles. The Hall–Kier alpha value is -5.10. The third-order valence-corrected chi connectivity index (χ3v) is 6.17. The van der Waals surface area contributed by atoms with Gasteiger partial charge in [-0.3, -0.25) is 0 Å². The zero-order valence-corrected chi connectivity index (χ0v) is 24.9. The van der Waals surface area contributed by atoms with Crippen molar-refractivity contribution in [2.45, 2.75) is 41.5 Å². The SMILES string of the molecule is C=C(C)C(=O)OC(C)=C(C)Oc1ccc(/C=C/c2ccc(-c3ccc(OC(C)=C(C)OC(=O)C(=C)C)cc3)cc2)cc1. The van der Waals surface area contributed by atoms with Gasteiger partial charge in [0.1, 0.15) is 34.5 Å². The normalized spacial score (nSPS) is 12.1. The van der Waals surface area contributed by atoms with Crippen molar-refractivity contribution in [3.05, 3.63) is 131 Å². The number of allylic oxidation sites excluding steroid dienone is 4. The van der Waals surface area contributed by atoms with Crippen molar-refractivity contribution in [3.8, 4) is 22.6 Å². The molecule has 0 saturated carbocycles. The molecule has 0 aliphatic heterocycles. The predicted molar refractivity (Wildman–Crippen MR) is 167 cm³/mol. The molecular formula is C36H36O6. The zero-order valence-electron chi connectivity index (χ0n) is 24.9. The lowest BCUT2D eigenvalue weighted by Crippen LogP contribution is -2.06. The second-order valence-electron chi connectivity index (χ2n) is 9.82. The molecular weight excluding hydrogens is 528 g/mol. The van der Waals surface area contributed by atoms with Crippen LogP contribution >= 0.6 is 0 Å². The van der Waals surface area contributed by atoms with Crippen molar-refractivity contribution in [3.63, 3.8) is 0 Å². The van der Waals surface area contributed by atoms with Crippen LogP contribution in [0.3, 0.4) is 0 Å². The Morgan fingerprint density at radius 1 is 0.500 bits per heavy atom. The molecule has 0 atom stereocenters. The van der Waals surface area contributed by atoms with Crippen molar-refractivity contribution in [1.29, 1.82) is 0 Å². The average Bonchev–Trinajstić information content (AvgIpc) is 2.97. The Bertz CT molecular complexity index is 1550. The number of hydrogen-bond donors (Lipinski definition) is 0. The number of benzene rings is 3. The second-order valence-corrected chi connectivity index (χ2v) is 9.82. The molecule has 0 unspecified atom stereocenters. The highest BCUT2D eigenvalue weighted by molar-refractivity contribution is 5.88. The van der Waals surface area contributed by atoms with E-state index in [1.54, 1.807) is 41.5 Å². The zero-order chi connectivity index (χ0) is 30.8. The number of rotatable bonds is 11. The summed E-state index contributed by atoms with van der Waals surface area (Å²) in [5, 5.41) is 0. The van der Waals surface area contributed by atoms with Crippen LogP contribution in [0.5, 0.6) is 11.5 Å². The third kappa shape index (κ3) is 9.24. The third-order valence-electron chi connectivity index (χ3n) is 6.17. The minimum atomic E-state index is -0.480. The van der Waals surface area contributed by atoms with E-state index in [1.807, 2.05) is 60.7 Å². The number of carbonyl (C=O) groups excluding carboxylic acids is 2. The molecule has 3 aromatic rings. The predicted octanol–water partition coefficient (Wildman–Crippen LogP) is 9.02. The van der Waals surface area contributed by atoms with Gasteiger partial charge >= 0.3 is 11.9 Å². The molecule has 0 radical (unpaired) electrons. The highest BCUT2D eigenvalue weighted by Crippen LogP contribution is 2.25. The molecule has 6 nitrogen and oxygen atoms in total. The molecule has 6 heteroatoms. The summed E-state index contributed by atoms with van der Waals surface area (Å²) in [5.74, 6) is 2.10. The quantitative estimate of drug-likeness (QED) is 0.100. The Labute approximate surface area is 247 Å². The lowest BCUT2D eigenvalue weighted by Gasteiger charge is -2.11. The summed E-state index contributed by atoms with van der Waals surface area (Å²) in [5.41, 5.74) is 4.86. The maximum atomic E-state index is 11.7. The highest BCUT2D eigenvalue weighted by atomic mass is 16.6. The van der Waals surface area contributed by atoms with E-state index < -0.39 is 11.9 Å². The molecule has 216 valence electrons. The first-order valence-electron chi connectivity index (χ1n) is 13.4. The van der Waals surface area contributed by atoms with Crippen LogP contribution in [0.2, 0.25) is 0 Å². The molecule has 0 fully saturated rings. The van der Waals surface area contributed by atoms with E-state index in [9.17, 15) is 9.59 Å². The molecule has 0 bridgehead atoms. The largest absolute Gasteiger partial charge is 0.459 e. The minimum absolute atomic E-state index is 0.327. The van der Waals surface area contributed by atoms with Gasteiger partial charge in [0.25, 0.3) is 0 Å². The van der Waals surface area contributed by atoms with Crippen LogP contribution in [0, 0.1) is 0 Å². The van der Waals surface area contributed by atoms with Crippen LogP contribution < -0.4 is 9.47 Å². The Morgan fingerprint density at radius 2 is 0.810 bits per heavy atom. The van der Waals surface area contributed by atoms with Crippen molar-refractivity contribution in [2.75, 3.05) is 0 Å². The Morgan fingerprint density at radius 3 is 1.17 bits per heavy atom. The summed E-state index contributed by atoms with van der Waals surface area (Å²) in [4.78, 5) is 23.4. The van der Waals surface area contributed by atoms with E-state index in [2.05, 4.69) is 37.4 Å². The van der Waals surface area contributed by atoms with Gasteiger partial charge in [0.2, 0.25) is 0 Å². The molecule has 3 rings (SSSR count). The smallest absolute Gasteiger partial charge is 0.338 e. The Kier molecular flexibility index (Phi) is 10.9. The lowest BCUT2D eigenvalue weighted by molar-refractivity contribution is -0.136. The summed E-state index contributed by atoms with van der Waals surface area (Å²) in [7, 11) is 0. The molecule has 0 saturated heterocycles. The molecule has 42 heavy (non-hydrogen) atoms. The number of esters is 2. The van der Waals surface area contributed by atoms with Gasteiger partial charge in [0.05, 0.1) is 0 Å². The number of hydrogen-bond acceptors (Lipinski definition) is 6. The Balaban J connectivity index is 1.59. The van der Waals surface area contributed by atoms with E-state index in [-0.39, 0.29) is 0 Å². The molecule has 3 aromatic carbocycles. The maximum absolute atomic E-state index is 11.7. The van der Waals surface area contributed by atoms with Gasteiger partial charge in [0, 0.05) is 11.1 Å². The summed E-state index contributed by atoms with van der Waals surface area (Å²) >= 11 is 0. The molecule has 0 aliphatic carbocycles. The van der Waals surface area contributed by atoms with Crippen LogP contribution in [0.15, 0.2) is 120 Å². The summed E-state index contributed by atoms with van der Waals surface area (Å²) in [6.07, 6.45) is 4.07. The fourth-order valence-corrected chi connectivity index (χ4v) is 3.43. The van der Waals surface area contributed by atoms with E-state index >= 15 is 0 Å². The van der Waals surface area contributed by atoms with Gasteiger partial charge in [-0.2, -0.15) is 0 Å². The van der Waals surface area contributed by atoms with Gasteiger partial charge < -0.3 is 18.9 Å². The van der Waals surface area contributed by atoms with Crippen molar-refractivity contribution in [2.24, 2.45) is 0 Å². The number of ether oxygens (including phenoxy) is 4. The van der Waals surface area contributed by atoms with E-state index in [0.717, 1.165) is 22.3 Å². The van der Waals surface area contributed by atoms with Crippen molar-refractivity contribution in [1.82, 2.24) is 0 Å². The summed E-state index contributed by atoms with van der Waals surface area (Å²) in [6.45, 7) is 17.2. The van der Waals surface area contributed by atoms with E-state index in [0.29, 0.717) is 45.7 Å².